The molecular weight excluding hydrogens is 284 g/mol. The molecule has 4 nitrogen and oxygen atoms in total. The molecule has 0 saturated carbocycles. The molecule has 0 fully saturated rings. The molecule has 100 valence electrons. The first kappa shape index (κ1) is 13.8. The molecule has 19 heavy (non-hydrogen) atoms. The van der Waals surface area contributed by atoms with Gasteiger partial charge in [-0.05, 0) is 30.5 Å². The van der Waals surface area contributed by atoms with Crippen LogP contribution in [0, 0.1) is 10.1 Å². The fourth-order valence-corrected chi connectivity index (χ4v) is 2.83. The number of rotatable bonds is 5. The van der Waals surface area contributed by atoms with Gasteiger partial charge in [-0.1, -0.05) is 17.7 Å². The lowest BCUT2D eigenvalue weighted by Gasteiger charge is -2.14. The van der Waals surface area contributed by atoms with Gasteiger partial charge < -0.3 is 5.32 Å². The average Bonchev–Trinajstić information content (AvgIpc) is 2.83. The zero-order valence-electron chi connectivity index (χ0n) is 10.3. The van der Waals surface area contributed by atoms with Gasteiger partial charge in [-0.15, -0.1) is 11.3 Å². The third-order valence-corrected chi connectivity index (χ3v) is 3.78. The van der Waals surface area contributed by atoms with E-state index in [1.54, 1.807) is 23.5 Å². The zero-order chi connectivity index (χ0) is 13.8. The fourth-order valence-electron chi connectivity index (χ4n) is 1.82. The minimum Gasteiger partial charge on any atom is -0.377 e. The van der Waals surface area contributed by atoms with E-state index < -0.39 is 4.92 Å². The van der Waals surface area contributed by atoms with Crippen molar-refractivity contribution in [3.8, 4) is 0 Å². The van der Waals surface area contributed by atoms with Crippen LogP contribution in [-0.2, 0) is 6.42 Å². The van der Waals surface area contributed by atoms with Crippen molar-refractivity contribution in [3.05, 3.63) is 55.7 Å². The molecule has 1 unspecified atom stereocenters. The van der Waals surface area contributed by atoms with Crippen LogP contribution >= 0.6 is 22.9 Å². The van der Waals surface area contributed by atoms with Crippen molar-refractivity contribution in [1.82, 2.24) is 0 Å². The maximum absolute atomic E-state index is 11.0. The summed E-state index contributed by atoms with van der Waals surface area (Å²) in [6.45, 7) is 2.00. The van der Waals surface area contributed by atoms with Gasteiger partial charge in [0, 0.05) is 28.4 Å². The van der Waals surface area contributed by atoms with Crippen molar-refractivity contribution in [2.75, 3.05) is 5.32 Å². The van der Waals surface area contributed by atoms with Crippen molar-refractivity contribution in [2.45, 2.75) is 19.4 Å². The monoisotopic (exact) mass is 296 g/mol. The molecule has 1 heterocycles. The first-order valence-corrected chi connectivity index (χ1v) is 7.05. The van der Waals surface area contributed by atoms with E-state index in [2.05, 4.69) is 11.4 Å². The fraction of sp³-hybridized carbons (Fsp3) is 0.231. The van der Waals surface area contributed by atoms with Gasteiger partial charge >= 0.3 is 0 Å². The molecule has 1 atom stereocenters. The third-order valence-electron chi connectivity index (χ3n) is 2.65. The van der Waals surface area contributed by atoms with Gasteiger partial charge in [0.15, 0.2) is 0 Å². The molecule has 0 radical (unpaired) electrons. The Morgan fingerprint density at radius 3 is 2.89 bits per heavy atom. The highest BCUT2D eigenvalue weighted by Gasteiger charge is 2.16. The number of hydrogen-bond acceptors (Lipinski definition) is 4. The standard InChI is InChI=1S/C13H13ClN2O2S/c1-9(7-11-3-2-6-19-11)15-12-5-4-10(14)8-13(12)16(17)18/h2-6,8-9,15H,7H2,1H3. The normalized spacial score (nSPS) is 12.1. The van der Waals surface area contributed by atoms with Crippen molar-refractivity contribution in [1.29, 1.82) is 0 Å². The van der Waals surface area contributed by atoms with Crippen LogP contribution in [0.1, 0.15) is 11.8 Å². The number of thiophene rings is 1. The van der Waals surface area contributed by atoms with E-state index in [0.717, 1.165) is 6.42 Å². The topological polar surface area (TPSA) is 55.2 Å². The Hall–Kier alpha value is -1.59. The summed E-state index contributed by atoms with van der Waals surface area (Å²) in [6, 6.07) is 8.82. The van der Waals surface area contributed by atoms with E-state index in [1.165, 1.54) is 10.9 Å². The Labute approximate surface area is 120 Å². The second-order valence-corrected chi connectivity index (χ2v) is 5.72. The highest BCUT2D eigenvalue weighted by molar-refractivity contribution is 7.09. The van der Waals surface area contributed by atoms with Crippen LogP contribution in [0.5, 0.6) is 0 Å². The summed E-state index contributed by atoms with van der Waals surface area (Å²) >= 11 is 7.46. The molecule has 0 aliphatic heterocycles. The van der Waals surface area contributed by atoms with Gasteiger partial charge in [0.1, 0.15) is 5.69 Å². The maximum Gasteiger partial charge on any atom is 0.293 e. The summed E-state index contributed by atoms with van der Waals surface area (Å²) in [7, 11) is 0. The smallest absolute Gasteiger partial charge is 0.293 e. The molecule has 0 spiro atoms. The van der Waals surface area contributed by atoms with Gasteiger partial charge in [0.05, 0.1) is 4.92 Å². The number of nitrogens with one attached hydrogen (secondary N) is 1. The summed E-state index contributed by atoms with van der Waals surface area (Å²) in [5, 5.41) is 16.5. The van der Waals surface area contributed by atoms with Crippen molar-refractivity contribution in [2.24, 2.45) is 0 Å². The first-order chi connectivity index (χ1) is 9.06. The van der Waals surface area contributed by atoms with Gasteiger partial charge in [0.25, 0.3) is 5.69 Å². The van der Waals surface area contributed by atoms with E-state index in [0.29, 0.717) is 10.7 Å². The van der Waals surface area contributed by atoms with Crippen molar-refractivity contribution >= 4 is 34.3 Å². The number of benzene rings is 1. The molecule has 2 rings (SSSR count). The Morgan fingerprint density at radius 1 is 1.47 bits per heavy atom. The molecule has 0 saturated heterocycles. The molecule has 0 aliphatic carbocycles. The van der Waals surface area contributed by atoms with E-state index >= 15 is 0 Å². The Morgan fingerprint density at radius 2 is 2.26 bits per heavy atom. The summed E-state index contributed by atoms with van der Waals surface area (Å²) in [5.74, 6) is 0. The van der Waals surface area contributed by atoms with Gasteiger partial charge in [0.2, 0.25) is 0 Å². The number of anilines is 1. The van der Waals surface area contributed by atoms with Crippen molar-refractivity contribution in [3.63, 3.8) is 0 Å². The number of nitro benzene ring substituents is 1. The third kappa shape index (κ3) is 3.68. The molecule has 1 N–H and O–H groups in total. The van der Waals surface area contributed by atoms with Crippen LogP contribution < -0.4 is 5.32 Å². The van der Waals surface area contributed by atoms with Gasteiger partial charge in [-0.25, -0.2) is 0 Å². The molecule has 1 aromatic heterocycles. The predicted octanol–water partition coefficient (Wildman–Crippen LogP) is 4.35. The second-order valence-electron chi connectivity index (χ2n) is 4.25. The Bertz CT molecular complexity index is 572. The van der Waals surface area contributed by atoms with Crippen LogP contribution in [0.25, 0.3) is 0 Å². The second kappa shape index (κ2) is 6.04. The summed E-state index contributed by atoms with van der Waals surface area (Å²) in [5.41, 5.74) is 0.504. The summed E-state index contributed by atoms with van der Waals surface area (Å²) < 4.78 is 0. The van der Waals surface area contributed by atoms with Crippen LogP contribution in [0.15, 0.2) is 35.7 Å². The van der Waals surface area contributed by atoms with E-state index in [4.69, 9.17) is 11.6 Å². The number of halogens is 1. The molecule has 1 aromatic carbocycles. The lowest BCUT2D eigenvalue weighted by molar-refractivity contribution is -0.384. The van der Waals surface area contributed by atoms with Gasteiger partial charge in [-0.2, -0.15) is 0 Å². The molecule has 0 amide bonds. The largest absolute Gasteiger partial charge is 0.377 e. The molecule has 6 heteroatoms. The molecule has 0 bridgehead atoms. The van der Waals surface area contributed by atoms with Crippen LogP contribution in [-0.4, -0.2) is 11.0 Å². The number of hydrogen-bond donors (Lipinski definition) is 1. The number of nitro groups is 1. The molecule has 0 aliphatic rings. The lowest BCUT2D eigenvalue weighted by Crippen LogP contribution is -2.18. The van der Waals surface area contributed by atoms with E-state index in [-0.39, 0.29) is 11.7 Å². The minimum absolute atomic E-state index is 0.00512. The first-order valence-electron chi connectivity index (χ1n) is 5.79. The lowest BCUT2D eigenvalue weighted by atomic mass is 10.2. The van der Waals surface area contributed by atoms with Crippen LogP contribution in [0.2, 0.25) is 5.02 Å². The highest BCUT2D eigenvalue weighted by Crippen LogP contribution is 2.28. The maximum atomic E-state index is 11.0. The van der Waals surface area contributed by atoms with E-state index in [1.807, 2.05) is 18.4 Å². The van der Waals surface area contributed by atoms with Crippen LogP contribution in [0.3, 0.4) is 0 Å². The predicted molar refractivity (Wildman–Crippen MR) is 79.2 cm³/mol. The Balaban J connectivity index is 2.12. The SMILES string of the molecule is CC(Cc1cccs1)Nc1ccc(Cl)cc1[N+](=O)[O-]. The highest BCUT2D eigenvalue weighted by atomic mass is 35.5. The molecular formula is C13H13ClN2O2S. The van der Waals surface area contributed by atoms with Crippen molar-refractivity contribution < 1.29 is 4.92 Å². The van der Waals surface area contributed by atoms with Crippen LogP contribution in [0.4, 0.5) is 11.4 Å². The summed E-state index contributed by atoms with van der Waals surface area (Å²) in [6.07, 6.45) is 0.831. The Kier molecular flexibility index (Phi) is 4.39. The van der Waals surface area contributed by atoms with E-state index in [9.17, 15) is 10.1 Å². The molecule has 2 aromatic rings. The number of nitrogens with zero attached hydrogens (tertiary/aromatic N) is 1. The zero-order valence-corrected chi connectivity index (χ0v) is 11.9. The summed E-state index contributed by atoms with van der Waals surface area (Å²) in [4.78, 5) is 11.8. The van der Waals surface area contributed by atoms with Gasteiger partial charge in [-0.3, -0.25) is 10.1 Å². The minimum atomic E-state index is -0.425. The average molecular weight is 297 g/mol. The quantitative estimate of drug-likeness (QED) is 0.659.